The first kappa shape index (κ1) is 23.2. The number of unbranched alkanes of at least 4 members (excludes halogenated alkanes) is 5. The summed E-state index contributed by atoms with van der Waals surface area (Å²) in [5.74, 6) is 1.22. The lowest BCUT2D eigenvalue weighted by molar-refractivity contribution is -0.528. The highest BCUT2D eigenvalue weighted by Crippen LogP contribution is 2.20. The Morgan fingerprint density at radius 2 is 1.67 bits per heavy atom. The molecule has 144 valence electrons. The van der Waals surface area contributed by atoms with Crippen LogP contribution in [-0.4, -0.2) is 48.6 Å². The van der Waals surface area contributed by atoms with E-state index < -0.39 is 15.6 Å². The maximum atomic E-state index is 10.7. The lowest BCUT2D eigenvalue weighted by atomic mass is 10.1. The molecule has 0 aromatic carbocycles. The van der Waals surface area contributed by atoms with Gasteiger partial charge in [-0.1, -0.05) is 46.0 Å². The molecule has 1 rings (SSSR count). The third-order valence-corrected chi connectivity index (χ3v) is 4.45. The number of nitrogens with zero attached hydrogens (tertiary/aromatic N) is 1. The highest BCUT2D eigenvalue weighted by molar-refractivity contribution is 7.86. The zero-order valence-corrected chi connectivity index (χ0v) is 15.4. The van der Waals surface area contributed by atoms with Gasteiger partial charge in [-0.15, -0.1) is 0 Å². The maximum Gasteiger partial charge on any atom is 0.485 e. The van der Waals surface area contributed by atoms with Gasteiger partial charge in [-0.2, -0.15) is 17.7 Å². The Labute approximate surface area is 142 Å². The molecule has 1 atom stereocenters. The van der Waals surface area contributed by atoms with Crippen molar-refractivity contribution in [3.63, 3.8) is 0 Å². The lowest BCUT2D eigenvalue weighted by Gasteiger charge is -2.08. The molecule has 1 heterocycles. The minimum Gasteiger partial charge on any atom is -0.741 e. The molecular formula is C15H28F3NO4S. The summed E-state index contributed by atoms with van der Waals surface area (Å²) in [7, 11) is -3.92. The molecule has 0 fully saturated rings. The summed E-state index contributed by atoms with van der Waals surface area (Å²) in [6.07, 6.45) is 10.5. The van der Waals surface area contributed by atoms with Crippen LogP contribution in [0, 0.1) is 0 Å². The van der Waals surface area contributed by atoms with Gasteiger partial charge in [0.1, 0.15) is 7.05 Å². The van der Waals surface area contributed by atoms with E-state index in [4.69, 9.17) is 17.7 Å². The van der Waals surface area contributed by atoms with Crippen LogP contribution in [0.5, 0.6) is 0 Å². The summed E-state index contributed by atoms with van der Waals surface area (Å²) in [5, 5.41) is 0. The summed E-state index contributed by atoms with van der Waals surface area (Å²) in [6, 6.07) is 0.620. The first-order valence-corrected chi connectivity index (χ1v) is 9.69. The van der Waals surface area contributed by atoms with E-state index in [2.05, 4.69) is 25.5 Å². The molecule has 0 amide bonds. The van der Waals surface area contributed by atoms with Gasteiger partial charge < -0.3 is 9.29 Å². The van der Waals surface area contributed by atoms with Crippen molar-refractivity contribution in [2.24, 2.45) is 0 Å². The SMILES string of the molecule is CCCCCCCCC1=[N+](C)C(CC)CO1.O=S(=O)([O-])C(F)(F)F. The molecular weight excluding hydrogens is 347 g/mol. The second-order valence-corrected chi connectivity index (χ2v) is 7.17. The smallest absolute Gasteiger partial charge is 0.485 e. The van der Waals surface area contributed by atoms with Crippen LogP contribution in [0.4, 0.5) is 13.2 Å². The summed E-state index contributed by atoms with van der Waals surface area (Å²) in [5.41, 5.74) is -5.65. The van der Waals surface area contributed by atoms with Crippen LogP contribution in [0.2, 0.25) is 0 Å². The highest BCUT2D eigenvalue weighted by atomic mass is 32.2. The van der Waals surface area contributed by atoms with Crippen molar-refractivity contribution in [3.8, 4) is 0 Å². The van der Waals surface area contributed by atoms with Crippen molar-refractivity contribution >= 4 is 16.0 Å². The van der Waals surface area contributed by atoms with Crippen LogP contribution in [-0.2, 0) is 14.9 Å². The summed E-state index contributed by atoms with van der Waals surface area (Å²) >= 11 is 0. The number of rotatable bonds is 8. The Bertz CT molecular complexity index is 489. The maximum absolute atomic E-state index is 10.7. The molecule has 24 heavy (non-hydrogen) atoms. The minimum absolute atomic E-state index is 0.620. The van der Waals surface area contributed by atoms with Gasteiger partial charge in [0.25, 0.3) is 0 Å². The average molecular weight is 375 g/mol. The number of alkyl halides is 3. The van der Waals surface area contributed by atoms with Crippen molar-refractivity contribution in [3.05, 3.63) is 0 Å². The Morgan fingerprint density at radius 3 is 2.08 bits per heavy atom. The van der Waals surface area contributed by atoms with Crippen molar-refractivity contribution in [1.82, 2.24) is 0 Å². The molecule has 1 unspecified atom stereocenters. The predicted octanol–water partition coefficient (Wildman–Crippen LogP) is 3.64. The van der Waals surface area contributed by atoms with Crippen molar-refractivity contribution in [2.45, 2.75) is 76.8 Å². The average Bonchev–Trinajstić information content (AvgIpc) is 2.82. The molecule has 0 radical (unpaired) electrons. The zero-order chi connectivity index (χ0) is 18.8. The molecule has 1 aliphatic heterocycles. The Morgan fingerprint density at radius 1 is 1.17 bits per heavy atom. The molecule has 0 aliphatic carbocycles. The van der Waals surface area contributed by atoms with E-state index >= 15 is 0 Å². The molecule has 5 nitrogen and oxygen atoms in total. The zero-order valence-electron chi connectivity index (χ0n) is 14.6. The fourth-order valence-electron chi connectivity index (χ4n) is 2.31. The fourth-order valence-corrected chi connectivity index (χ4v) is 2.31. The fraction of sp³-hybridized carbons (Fsp3) is 0.933. The second-order valence-electron chi connectivity index (χ2n) is 5.80. The van der Waals surface area contributed by atoms with Crippen LogP contribution < -0.4 is 0 Å². The second kappa shape index (κ2) is 10.9. The van der Waals surface area contributed by atoms with Gasteiger partial charge in [0, 0.05) is 6.42 Å². The predicted molar refractivity (Wildman–Crippen MR) is 85.0 cm³/mol. The van der Waals surface area contributed by atoms with E-state index in [-0.39, 0.29) is 0 Å². The molecule has 9 heteroatoms. The normalized spacial score (nSPS) is 18.2. The van der Waals surface area contributed by atoms with Crippen LogP contribution in [0.25, 0.3) is 0 Å². The van der Waals surface area contributed by atoms with Crippen molar-refractivity contribution < 1.29 is 35.5 Å². The number of ether oxygens (including phenoxy) is 1. The first-order chi connectivity index (χ1) is 11.0. The number of hydrogen-bond acceptors (Lipinski definition) is 4. The number of likely N-dealkylation sites (N-methyl/N-ethyl adjacent to an activating group) is 1. The van der Waals surface area contributed by atoms with E-state index in [9.17, 15) is 13.2 Å². The molecule has 0 spiro atoms. The largest absolute Gasteiger partial charge is 0.741 e. The third-order valence-electron chi connectivity index (χ3n) is 3.88. The molecule has 0 aromatic heterocycles. The van der Waals surface area contributed by atoms with Gasteiger partial charge in [-0.25, -0.2) is 8.42 Å². The standard InChI is InChI=1S/C14H28NO.CHF3O3S/c1-4-6-7-8-9-10-11-14-15(3)13(5-2)12-16-14;2-1(3,4)8(5,6)7/h13H,4-12H2,1-3H3;(H,5,6,7)/q+1;/p-1. The van der Waals surface area contributed by atoms with Gasteiger partial charge in [-0.05, 0) is 6.42 Å². The Kier molecular flexibility index (Phi) is 10.5. The van der Waals surface area contributed by atoms with Crippen LogP contribution >= 0.6 is 0 Å². The Hall–Kier alpha value is -0.830. The third kappa shape index (κ3) is 8.86. The van der Waals surface area contributed by atoms with E-state index in [1.807, 2.05) is 0 Å². The van der Waals surface area contributed by atoms with Crippen LogP contribution in [0.3, 0.4) is 0 Å². The highest BCUT2D eigenvalue weighted by Gasteiger charge is 2.36. The molecule has 0 bridgehead atoms. The number of hydrogen-bond donors (Lipinski definition) is 0. The summed E-state index contributed by atoms with van der Waals surface area (Å²) in [6.45, 7) is 5.40. The summed E-state index contributed by atoms with van der Waals surface area (Å²) < 4.78 is 67.0. The van der Waals surface area contributed by atoms with Gasteiger partial charge in [0.05, 0.1) is 6.42 Å². The van der Waals surface area contributed by atoms with Crippen molar-refractivity contribution in [2.75, 3.05) is 13.7 Å². The Balaban J connectivity index is 0.000000561. The van der Waals surface area contributed by atoms with Gasteiger partial charge in [-0.3, -0.25) is 0 Å². The first-order valence-electron chi connectivity index (χ1n) is 8.28. The lowest BCUT2D eigenvalue weighted by Crippen LogP contribution is -2.21. The van der Waals surface area contributed by atoms with E-state index in [0.717, 1.165) is 13.0 Å². The monoisotopic (exact) mass is 375 g/mol. The topological polar surface area (TPSA) is 69.4 Å². The van der Waals surface area contributed by atoms with Gasteiger partial charge in [0.15, 0.2) is 22.8 Å². The summed E-state index contributed by atoms with van der Waals surface area (Å²) in [4.78, 5) is 0. The van der Waals surface area contributed by atoms with Crippen molar-refractivity contribution in [1.29, 1.82) is 0 Å². The van der Waals surface area contributed by atoms with Crippen LogP contribution in [0.1, 0.15) is 65.2 Å². The van der Waals surface area contributed by atoms with Crippen LogP contribution in [0.15, 0.2) is 0 Å². The molecule has 0 saturated heterocycles. The molecule has 1 aliphatic rings. The van der Waals surface area contributed by atoms with Gasteiger partial charge >= 0.3 is 11.4 Å². The molecule has 0 saturated carbocycles. The van der Waals surface area contributed by atoms with E-state index in [1.165, 1.54) is 50.8 Å². The van der Waals surface area contributed by atoms with E-state index in [0.29, 0.717) is 6.04 Å². The molecule has 0 aromatic rings. The minimum atomic E-state index is -6.09. The van der Waals surface area contributed by atoms with E-state index in [1.54, 1.807) is 0 Å². The quantitative estimate of drug-likeness (QED) is 0.281. The number of halogens is 3. The molecule has 0 N–H and O–H groups in total. The van der Waals surface area contributed by atoms with Gasteiger partial charge in [0.2, 0.25) is 0 Å².